The summed E-state index contributed by atoms with van der Waals surface area (Å²) in [5.41, 5.74) is 10.5. The van der Waals surface area contributed by atoms with Crippen LogP contribution in [0.3, 0.4) is 0 Å². The maximum absolute atomic E-state index is 12.3. The minimum Gasteiger partial charge on any atom is -0.508 e. The third-order valence-corrected chi connectivity index (χ3v) is 22.5. The predicted molar refractivity (Wildman–Crippen MR) is 468 cm³/mol. The van der Waals surface area contributed by atoms with Crippen molar-refractivity contribution in [2.75, 3.05) is 47.3 Å². The van der Waals surface area contributed by atoms with Gasteiger partial charge in [0, 0.05) is 66.4 Å². The molecule has 0 radical (unpaired) electrons. The second-order valence-electron chi connectivity index (χ2n) is 26.1. The van der Waals surface area contributed by atoms with E-state index in [1.54, 1.807) is 87.0 Å². The van der Waals surface area contributed by atoms with Gasteiger partial charge in [0.25, 0.3) is 0 Å². The number of carbonyl (C=O) groups is 2. The SMILES string of the molecule is COc1ccc(C(=O)c2cc(Br)ccc2Cl)cc1.COc1ccc(Cc2cc(Br)ccc2Cl)cc1.Clc1ccc(Br)cc1Cc1ccc(O[C@@H]2CCOC2)cc1.O=C(O)c1cc(Br)ccc1Cl.OC[C@H]1OC(c2ccc(Cl)c(Cc3ccc(OC4CCOC4)cc3)c2)[C@H](O)[C@@H](O)[C@@H]1O.Oc1ccc(Cc2cc(Br)ccc2Cl)cc1. The highest BCUT2D eigenvalue weighted by Gasteiger charge is 2.44. The maximum atomic E-state index is 12.3. The molecule has 2 unspecified atom stereocenters. The summed E-state index contributed by atoms with van der Waals surface area (Å²) in [5.74, 6) is 2.43. The van der Waals surface area contributed by atoms with Crippen molar-refractivity contribution < 1.29 is 73.4 Å². The molecule has 598 valence electrons. The molecule has 0 saturated carbocycles. The highest BCUT2D eigenvalue weighted by Crippen LogP contribution is 2.36. The van der Waals surface area contributed by atoms with E-state index in [-0.39, 0.29) is 34.3 Å². The Kier molecular flexibility index (Phi) is 36.8. The molecule has 7 atom stereocenters. The van der Waals surface area contributed by atoms with Crippen molar-refractivity contribution in [2.45, 2.75) is 81.3 Å². The van der Waals surface area contributed by atoms with E-state index in [0.717, 1.165) is 129 Å². The van der Waals surface area contributed by atoms with Crippen molar-refractivity contribution in [1.29, 1.82) is 0 Å². The smallest absolute Gasteiger partial charge is 0.337 e. The highest BCUT2D eigenvalue weighted by atomic mass is 79.9. The Morgan fingerprint density at radius 3 is 1.12 bits per heavy atom. The molecule has 3 aliphatic heterocycles. The third-order valence-electron chi connectivity index (χ3n) is 17.9. The molecule has 11 aromatic carbocycles. The van der Waals surface area contributed by atoms with E-state index in [9.17, 15) is 35.1 Å². The van der Waals surface area contributed by atoms with Gasteiger partial charge in [-0.3, -0.25) is 4.79 Å². The second kappa shape index (κ2) is 46.0. The third kappa shape index (κ3) is 28.3. The molecule has 11 aromatic rings. The number of hydrogen-bond donors (Lipinski definition) is 6. The Morgan fingerprint density at radius 2 is 0.754 bits per heavy atom. The lowest BCUT2D eigenvalue weighted by molar-refractivity contribution is -0.231. The molecule has 6 N–H and O–H groups in total. The number of methoxy groups -OCH3 is 2. The number of benzene rings is 11. The van der Waals surface area contributed by atoms with Gasteiger partial charge in [-0.05, 0) is 246 Å². The summed E-state index contributed by atoms with van der Waals surface area (Å²) in [4.78, 5) is 22.7. The summed E-state index contributed by atoms with van der Waals surface area (Å²) in [7, 11) is 3.25. The van der Waals surface area contributed by atoms with Gasteiger partial charge in [0.1, 0.15) is 71.5 Å². The monoisotopic (exact) mass is 1980 g/mol. The van der Waals surface area contributed by atoms with Crippen LogP contribution in [0.2, 0.25) is 30.1 Å². The average molecular weight is 1990 g/mol. The van der Waals surface area contributed by atoms with E-state index in [2.05, 4.69) is 110 Å². The Labute approximate surface area is 734 Å². The minimum absolute atomic E-state index is 0.0931. The van der Waals surface area contributed by atoms with Crippen LogP contribution in [0.1, 0.15) is 95.3 Å². The summed E-state index contributed by atoms with van der Waals surface area (Å²) in [6, 6.07) is 70.9. The zero-order chi connectivity index (χ0) is 82.0. The normalized spacial score (nSPS) is 17.3. The number of ketones is 1. The molecule has 114 heavy (non-hydrogen) atoms. The standard InChI is InChI=1S/C23H27ClO7.C17H16BrClO2.C14H10BrClO2.C14H12BrClO.C13H10BrClO.C7H4BrClO2/c24-18-6-3-14(23-22(28)21(27)20(26)19(11-25)31-23)10-15(18)9-13-1-4-16(5-2-13)30-17-7-8-29-12-17;18-14-3-6-17(19)13(10-14)9-12-1-4-15(5-2-12)21-16-7-8-20-11-16;1-18-11-5-2-9(3-6-11)14(17)12-8-10(15)4-7-13(12)16;1-17-13-5-2-10(3-6-13)8-11-9-12(15)4-7-14(11)16;14-11-3-6-13(15)10(8-11)7-9-1-4-12(16)5-2-9;8-4-1-2-6(9)5(3-4)7(10)11/h1-6,10,17,19-23,25-28H,7-9,11-12H2;1-6,10,16H,7-9,11H2;2-8H,1H3;2-7,9H,8H2,1H3;1-6,8,16H,7H2;1-3H,(H,10,11)/t17?,19-,20-,21+,22-,23?;16-;;;;/m11..../s1. The quantitative estimate of drug-likeness (QED) is 0.0415. The number of phenolic OH excluding ortho intramolecular Hbond substituents is 1. The summed E-state index contributed by atoms with van der Waals surface area (Å²) in [6.45, 7) is 2.36. The molecule has 0 spiro atoms. The van der Waals surface area contributed by atoms with E-state index < -0.39 is 43.1 Å². The van der Waals surface area contributed by atoms with Crippen LogP contribution in [0.4, 0.5) is 0 Å². The first-order valence-electron chi connectivity index (χ1n) is 35.5. The molecule has 3 aliphatic rings. The van der Waals surface area contributed by atoms with Crippen LogP contribution < -0.4 is 18.9 Å². The fourth-order valence-corrected chi connectivity index (χ4v) is 14.8. The Morgan fingerprint density at radius 1 is 0.412 bits per heavy atom. The van der Waals surface area contributed by atoms with Gasteiger partial charge < -0.3 is 63.8 Å². The molecule has 15 nitrogen and oxygen atoms in total. The molecule has 3 heterocycles. The Bertz CT molecular complexity index is 4930. The number of aliphatic hydroxyl groups excluding tert-OH is 4. The van der Waals surface area contributed by atoms with Gasteiger partial charge in [0.2, 0.25) is 0 Å². The summed E-state index contributed by atoms with van der Waals surface area (Å²) in [6.07, 6.45) is -0.905. The van der Waals surface area contributed by atoms with E-state index >= 15 is 0 Å². The number of rotatable bonds is 19. The first kappa shape index (κ1) is 91.3. The van der Waals surface area contributed by atoms with E-state index in [0.29, 0.717) is 56.6 Å². The largest absolute Gasteiger partial charge is 0.508 e. The molecule has 0 aromatic heterocycles. The fraction of sp³-hybridized carbons (Fsp3) is 0.227. The summed E-state index contributed by atoms with van der Waals surface area (Å²) in [5, 5.41) is 61.3. The first-order valence-corrected chi connectivity index (χ1v) is 41.8. The number of carbonyl (C=O) groups excluding carboxylic acids is 1. The van der Waals surface area contributed by atoms with Crippen LogP contribution in [-0.2, 0) is 39.9 Å². The molecule has 0 amide bonds. The van der Waals surface area contributed by atoms with Gasteiger partial charge in [-0.15, -0.1) is 0 Å². The lowest BCUT2D eigenvalue weighted by Crippen LogP contribution is -2.55. The van der Waals surface area contributed by atoms with Crippen molar-refractivity contribution >= 4 is 161 Å². The molecule has 0 aliphatic carbocycles. The fourth-order valence-electron chi connectivity index (χ4n) is 11.8. The highest BCUT2D eigenvalue weighted by molar-refractivity contribution is 9.11. The zero-order valence-electron chi connectivity index (χ0n) is 61.3. The molecule has 3 saturated heterocycles. The van der Waals surface area contributed by atoms with Crippen LogP contribution in [0.25, 0.3) is 0 Å². The average Bonchev–Trinajstić information content (AvgIpc) is 0.786. The van der Waals surface area contributed by atoms with Gasteiger partial charge in [0.15, 0.2) is 5.78 Å². The minimum atomic E-state index is -1.42. The van der Waals surface area contributed by atoms with Crippen LogP contribution in [-0.4, -0.2) is 126 Å². The van der Waals surface area contributed by atoms with Gasteiger partial charge in [0.05, 0.1) is 62.9 Å². The van der Waals surface area contributed by atoms with Crippen molar-refractivity contribution in [3.05, 3.63) is 350 Å². The zero-order valence-corrected chi connectivity index (χ0v) is 73.7. The molecular weight excluding hydrogens is 1910 g/mol. The molecule has 14 rings (SSSR count). The van der Waals surface area contributed by atoms with Crippen LogP contribution in [0.15, 0.2) is 253 Å². The van der Waals surface area contributed by atoms with Gasteiger partial charge in [-0.1, -0.05) is 210 Å². The number of carboxylic acid groups (broad SMARTS) is 1. The van der Waals surface area contributed by atoms with Gasteiger partial charge >= 0.3 is 5.97 Å². The topological polar surface area (TPSA) is 220 Å². The molecule has 0 bridgehead atoms. The Balaban J connectivity index is 0.000000161. The predicted octanol–water partition coefficient (Wildman–Crippen LogP) is 22.7. The number of halogens is 11. The van der Waals surface area contributed by atoms with Crippen molar-refractivity contribution in [2.24, 2.45) is 0 Å². The van der Waals surface area contributed by atoms with Crippen LogP contribution in [0.5, 0.6) is 28.7 Å². The van der Waals surface area contributed by atoms with Crippen molar-refractivity contribution in [3.8, 4) is 28.7 Å². The molecule has 3 fully saturated rings. The number of ether oxygens (including phenoxy) is 7. The molecule has 26 heteroatoms. The van der Waals surface area contributed by atoms with Gasteiger partial charge in [-0.25, -0.2) is 4.79 Å². The lowest BCUT2D eigenvalue weighted by Gasteiger charge is -2.40. The number of aliphatic hydroxyl groups is 4. The van der Waals surface area contributed by atoms with E-state index in [4.69, 9.17) is 108 Å². The Hall–Kier alpha value is -6.58. The van der Waals surface area contributed by atoms with Crippen molar-refractivity contribution in [1.82, 2.24) is 0 Å². The summed E-state index contributed by atoms with van der Waals surface area (Å²) < 4.78 is 42.9. The lowest BCUT2D eigenvalue weighted by atomic mass is 9.90. The maximum Gasteiger partial charge on any atom is 0.337 e. The second-order valence-corrected chi connectivity index (χ2v) is 33.2. The van der Waals surface area contributed by atoms with Crippen molar-refractivity contribution in [3.63, 3.8) is 0 Å². The number of aromatic carboxylic acids is 1. The van der Waals surface area contributed by atoms with E-state index in [1.807, 2.05) is 115 Å². The number of aromatic hydroxyl groups is 1. The first-order chi connectivity index (χ1) is 54.7. The van der Waals surface area contributed by atoms with Gasteiger partial charge in [-0.2, -0.15) is 0 Å². The van der Waals surface area contributed by atoms with E-state index in [1.165, 1.54) is 23.3 Å². The van der Waals surface area contributed by atoms with Crippen LogP contribution >= 0.6 is 149 Å². The number of phenols is 1. The molecular formula is C88H79Br5Cl6O15. The van der Waals surface area contributed by atoms with Crippen LogP contribution in [0, 0.1) is 0 Å². The summed E-state index contributed by atoms with van der Waals surface area (Å²) >= 11 is 53.4. The number of carboxylic acids is 1. The number of hydrogen-bond acceptors (Lipinski definition) is 14.